The average molecular weight is 473 g/mol. The number of ether oxygens (including phenoxy) is 2. The van der Waals surface area contributed by atoms with Gasteiger partial charge in [0.25, 0.3) is 0 Å². The highest BCUT2D eigenvalue weighted by Gasteiger charge is 2.27. The van der Waals surface area contributed by atoms with E-state index in [0.29, 0.717) is 31.4 Å². The van der Waals surface area contributed by atoms with E-state index in [1.807, 2.05) is 18.3 Å². The monoisotopic (exact) mass is 472 g/mol. The molecule has 1 atom stereocenters. The predicted octanol–water partition coefficient (Wildman–Crippen LogP) is 3.38. The molecule has 1 saturated heterocycles. The zero-order valence-corrected chi connectivity index (χ0v) is 21.6. The molecule has 0 aliphatic carbocycles. The molecule has 1 aliphatic rings. The van der Waals surface area contributed by atoms with Gasteiger partial charge < -0.3 is 19.5 Å². The lowest BCUT2D eigenvalue weighted by Crippen LogP contribution is -2.44. The van der Waals surface area contributed by atoms with Gasteiger partial charge in [-0.05, 0) is 38.4 Å². The summed E-state index contributed by atoms with van der Waals surface area (Å²) in [5.41, 5.74) is 0.429. The second-order valence-electron chi connectivity index (χ2n) is 10.6. The molecule has 0 unspecified atom stereocenters. The van der Waals surface area contributed by atoms with Gasteiger partial charge in [0.1, 0.15) is 12.5 Å². The molecule has 0 saturated carbocycles. The number of hydrogen-bond acceptors (Lipinski definition) is 7. The van der Waals surface area contributed by atoms with Crippen LogP contribution in [0.4, 0.5) is 5.82 Å². The molecule has 0 spiro atoms. The largest absolute Gasteiger partial charge is 0.386 e. The lowest BCUT2D eigenvalue weighted by molar-refractivity contribution is 0.0785. The summed E-state index contributed by atoms with van der Waals surface area (Å²) in [7, 11) is -1.12. The Bertz CT molecular complexity index is 1100. The van der Waals surface area contributed by atoms with Crippen LogP contribution in [0.15, 0.2) is 24.5 Å². The van der Waals surface area contributed by atoms with Gasteiger partial charge in [-0.15, -0.1) is 0 Å². The Labute approximate surface area is 196 Å². The van der Waals surface area contributed by atoms with E-state index in [1.165, 1.54) is 0 Å². The molecule has 1 fully saturated rings. The van der Waals surface area contributed by atoms with Crippen molar-refractivity contribution < 1.29 is 14.6 Å². The molecular weight excluding hydrogens is 436 g/mol. The number of aromatic nitrogens is 5. The number of morpholine rings is 1. The number of hydrogen-bond donors (Lipinski definition) is 1. The van der Waals surface area contributed by atoms with Gasteiger partial charge >= 0.3 is 0 Å². The molecule has 4 rings (SSSR count). The number of pyridine rings is 1. The van der Waals surface area contributed by atoms with Crippen molar-refractivity contribution in [2.45, 2.75) is 64.8 Å². The van der Waals surface area contributed by atoms with E-state index in [0.717, 1.165) is 36.0 Å². The maximum atomic E-state index is 10.9. The zero-order valence-electron chi connectivity index (χ0n) is 20.6. The van der Waals surface area contributed by atoms with Crippen LogP contribution in [0, 0.1) is 0 Å². The summed E-state index contributed by atoms with van der Waals surface area (Å²) >= 11 is 0. The first-order valence-corrected chi connectivity index (χ1v) is 15.3. The molecule has 33 heavy (non-hydrogen) atoms. The molecule has 9 nitrogen and oxygen atoms in total. The molecule has 1 aliphatic heterocycles. The van der Waals surface area contributed by atoms with Crippen molar-refractivity contribution in [2.24, 2.45) is 0 Å². The smallest absolute Gasteiger partial charge is 0.177 e. The normalized spacial score (nSPS) is 17.8. The number of anilines is 1. The van der Waals surface area contributed by atoms with Gasteiger partial charge in [-0.2, -0.15) is 14.9 Å². The van der Waals surface area contributed by atoms with E-state index >= 15 is 0 Å². The number of fused-ring (bicyclic) bond motifs is 1. The quantitative estimate of drug-likeness (QED) is 0.397. The summed E-state index contributed by atoms with van der Waals surface area (Å²) in [4.78, 5) is 7.18. The molecular formula is C23H36N6O3Si. The van der Waals surface area contributed by atoms with Gasteiger partial charge in [-0.25, -0.2) is 9.67 Å². The summed E-state index contributed by atoms with van der Waals surface area (Å²) < 4.78 is 14.9. The van der Waals surface area contributed by atoms with Gasteiger partial charge in [-0.1, -0.05) is 19.6 Å². The summed E-state index contributed by atoms with van der Waals surface area (Å²) in [6.07, 6.45) is 3.65. The van der Waals surface area contributed by atoms with Gasteiger partial charge in [0, 0.05) is 38.9 Å². The summed E-state index contributed by atoms with van der Waals surface area (Å²) in [6.45, 7) is 15.9. The van der Waals surface area contributed by atoms with Crippen LogP contribution in [-0.2, 0) is 21.8 Å². The Kier molecular flexibility index (Phi) is 6.63. The average Bonchev–Trinajstić information content (AvgIpc) is 3.36. The Morgan fingerprint density at radius 3 is 2.76 bits per heavy atom. The van der Waals surface area contributed by atoms with Gasteiger partial charge in [0.2, 0.25) is 0 Å². The predicted molar refractivity (Wildman–Crippen MR) is 132 cm³/mol. The minimum atomic E-state index is -1.12. The van der Waals surface area contributed by atoms with E-state index in [4.69, 9.17) is 14.5 Å². The first-order valence-electron chi connectivity index (χ1n) is 11.6. The highest BCUT2D eigenvalue weighted by molar-refractivity contribution is 6.76. The lowest BCUT2D eigenvalue weighted by atomic mass is 9.96. The van der Waals surface area contributed by atoms with Crippen LogP contribution in [0.3, 0.4) is 0 Å². The fourth-order valence-electron chi connectivity index (χ4n) is 3.95. The molecule has 10 heteroatoms. The third-order valence-corrected chi connectivity index (χ3v) is 7.62. The fourth-order valence-corrected chi connectivity index (χ4v) is 4.70. The van der Waals surface area contributed by atoms with Crippen LogP contribution in [0.1, 0.15) is 26.3 Å². The van der Waals surface area contributed by atoms with Crippen molar-refractivity contribution in [1.82, 2.24) is 24.5 Å². The van der Waals surface area contributed by atoms with Crippen molar-refractivity contribution in [2.75, 3.05) is 31.3 Å². The highest BCUT2D eigenvalue weighted by Crippen LogP contribution is 2.32. The Hall–Kier alpha value is -2.27. The van der Waals surface area contributed by atoms with Crippen LogP contribution < -0.4 is 4.90 Å². The summed E-state index contributed by atoms with van der Waals surface area (Å²) in [5, 5.41) is 20.9. The topological polar surface area (TPSA) is 90.5 Å². The molecule has 0 radical (unpaired) electrons. The minimum absolute atomic E-state index is 0.197. The van der Waals surface area contributed by atoms with Crippen LogP contribution in [0.25, 0.3) is 16.9 Å². The fraction of sp³-hybridized carbons (Fsp3) is 0.609. The summed E-state index contributed by atoms with van der Waals surface area (Å²) in [6, 6.07) is 5.20. The Morgan fingerprint density at radius 1 is 1.27 bits per heavy atom. The molecule has 0 amide bonds. The SMILES string of the molecule is C[C@@H]1COCCN1c1cc(C(C)(C)O)c2cnn(-c3ccn(COCC[Si](C)(C)C)n3)c2n1. The van der Waals surface area contributed by atoms with E-state index < -0.39 is 13.7 Å². The van der Waals surface area contributed by atoms with Crippen molar-refractivity contribution >= 4 is 24.9 Å². The van der Waals surface area contributed by atoms with Crippen LogP contribution in [0.5, 0.6) is 0 Å². The van der Waals surface area contributed by atoms with Crippen LogP contribution >= 0.6 is 0 Å². The summed E-state index contributed by atoms with van der Waals surface area (Å²) in [5.74, 6) is 1.48. The molecule has 3 aromatic heterocycles. The van der Waals surface area contributed by atoms with Crippen LogP contribution in [-0.4, -0.2) is 70.1 Å². The van der Waals surface area contributed by atoms with Gasteiger partial charge in [0.05, 0.1) is 31.1 Å². The lowest BCUT2D eigenvalue weighted by Gasteiger charge is -2.35. The van der Waals surface area contributed by atoms with Crippen molar-refractivity contribution in [3.05, 3.63) is 30.1 Å². The number of rotatable bonds is 8. The molecule has 0 aromatic carbocycles. The number of nitrogens with zero attached hydrogens (tertiary/aromatic N) is 6. The first kappa shape index (κ1) is 23.9. The second kappa shape index (κ2) is 9.17. The molecule has 1 N–H and O–H groups in total. The van der Waals surface area contributed by atoms with Crippen molar-refractivity contribution in [1.29, 1.82) is 0 Å². The second-order valence-corrected chi connectivity index (χ2v) is 16.2. The third kappa shape index (κ3) is 5.45. The minimum Gasteiger partial charge on any atom is -0.386 e. The maximum Gasteiger partial charge on any atom is 0.177 e. The third-order valence-electron chi connectivity index (χ3n) is 5.91. The van der Waals surface area contributed by atoms with E-state index in [2.05, 4.69) is 41.7 Å². The molecule has 180 valence electrons. The number of aliphatic hydroxyl groups is 1. The van der Waals surface area contributed by atoms with Crippen LogP contribution in [0.2, 0.25) is 25.7 Å². The van der Waals surface area contributed by atoms with E-state index in [9.17, 15) is 5.11 Å². The first-order chi connectivity index (χ1) is 15.5. The van der Waals surface area contributed by atoms with E-state index in [1.54, 1.807) is 29.4 Å². The molecule has 0 bridgehead atoms. The Balaban J connectivity index is 1.65. The van der Waals surface area contributed by atoms with Gasteiger partial charge in [0.15, 0.2) is 11.5 Å². The van der Waals surface area contributed by atoms with Crippen molar-refractivity contribution in [3.8, 4) is 5.82 Å². The van der Waals surface area contributed by atoms with E-state index in [-0.39, 0.29) is 6.04 Å². The van der Waals surface area contributed by atoms with Gasteiger partial charge in [-0.3, -0.25) is 0 Å². The standard InChI is InChI=1S/C23H36N6O3Si/c1-17-15-31-10-9-28(17)21-13-19(23(2,3)30)18-14-24-29(22(18)25-21)20-7-8-27(26-20)16-32-11-12-33(4,5)6/h7-8,13-14,17,30H,9-12,15-16H2,1-6H3/t17-/m1/s1. The van der Waals surface area contributed by atoms with Crippen molar-refractivity contribution in [3.63, 3.8) is 0 Å². The molecule has 4 heterocycles. The highest BCUT2D eigenvalue weighted by atomic mass is 28.3. The Morgan fingerprint density at radius 2 is 2.06 bits per heavy atom. The molecule has 3 aromatic rings. The maximum absolute atomic E-state index is 10.9. The zero-order chi connectivity index (χ0) is 23.8.